The second-order valence-electron chi connectivity index (χ2n) is 20.0. The molecule has 4 fully saturated rings. The Kier molecular flexibility index (Phi) is 16.8. The molecule has 67 heavy (non-hydrogen) atoms. The van der Waals surface area contributed by atoms with E-state index in [1.807, 2.05) is 60.7 Å². The van der Waals surface area contributed by atoms with Crippen molar-refractivity contribution in [3.8, 4) is 28.3 Å². The number of aliphatic hydroxyl groups is 1. The van der Waals surface area contributed by atoms with E-state index in [-0.39, 0.29) is 47.8 Å². The first-order valence-corrected chi connectivity index (χ1v) is 24.3. The van der Waals surface area contributed by atoms with E-state index in [1.165, 1.54) is 17.7 Å². The number of hydrogen-bond donors (Lipinski definition) is 1. The fourth-order valence-electron chi connectivity index (χ4n) is 8.26. The Labute approximate surface area is 400 Å². The first-order chi connectivity index (χ1) is 31.5. The largest absolute Gasteiger partial charge is 0.573 e. The van der Waals surface area contributed by atoms with E-state index in [0.29, 0.717) is 35.9 Å². The lowest BCUT2D eigenvalue weighted by Gasteiger charge is -2.28. The third kappa shape index (κ3) is 14.7. The van der Waals surface area contributed by atoms with Gasteiger partial charge in [-0.25, -0.2) is 9.59 Å². The summed E-state index contributed by atoms with van der Waals surface area (Å²) in [6, 6.07) is 14.5. The molecule has 368 valence electrons. The number of benzene rings is 2. The average molecular weight is 1000 g/mol. The van der Waals surface area contributed by atoms with Gasteiger partial charge >= 0.3 is 18.5 Å². The van der Waals surface area contributed by atoms with Gasteiger partial charge in [0, 0.05) is 65.6 Å². The average Bonchev–Trinajstić information content (AvgIpc) is 4.07. The Balaban J connectivity index is 0.000000178. The molecule has 4 aromatic rings. The van der Waals surface area contributed by atoms with Crippen molar-refractivity contribution >= 4 is 28.1 Å². The van der Waals surface area contributed by atoms with Crippen LogP contribution in [0, 0.1) is 6.92 Å². The van der Waals surface area contributed by atoms with Crippen LogP contribution in [0.5, 0.6) is 5.75 Å². The molecule has 0 radical (unpaired) electrons. The topological polar surface area (TPSA) is 150 Å². The number of halogens is 4. The number of carbonyl (C=O) groups excluding carboxylic acids is 2. The molecule has 2 aromatic heterocycles. The van der Waals surface area contributed by atoms with Crippen molar-refractivity contribution in [1.82, 2.24) is 20.1 Å². The van der Waals surface area contributed by atoms with Crippen molar-refractivity contribution in [1.29, 1.82) is 0 Å². The number of amides is 2. The Morgan fingerprint density at radius 3 is 1.70 bits per heavy atom. The summed E-state index contributed by atoms with van der Waals surface area (Å²) in [6.45, 7) is 13.8. The Bertz CT molecular complexity index is 2280. The standard InChI is InChI=1S/C25H34N2O4.C14H11BrF3NO2.C11H21NO3/c1-16-8-6-7-9-20(16)22-21(23(31-26-22)17-10-11-17)15-29-19-13-12-18(14-19)27(5)24(28)30-25(2,3)4;15-7-10-12(19-21-13(10)8-5-6-8)9-3-1-2-4-11(9)20-14(16,17)18;1-11(2,3)15-10(14)12(4)8-5-6-9(13)7-8/h6-9,17-19H,10-15H2,1-5H3;1-4,8H,5-7H2;8-9,13H,5-7H2,1-4H3/t18-,19+;;8-,9+/m1.1/s1. The summed E-state index contributed by atoms with van der Waals surface area (Å²) in [5.41, 5.74) is 4.79. The van der Waals surface area contributed by atoms with Gasteiger partial charge in [0.1, 0.15) is 39.9 Å². The summed E-state index contributed by atoms with van der Waals surface area (Å²) in [5, 5.41) is 18.2. The van der Waals surface area contributed by atoms with Gasteiger partial charge in [-0.2, -0.15) is 0 Å². The molecule has 0 saturated heterocycles. The molecule has 4 aliphatic carbocycles. The van der Waals surface area contributed by atoms with Gasteiger partial charge in [-0.1, -0.05) is 62.6 Å². The van der Waals surface area contributed by atoms with Crippen LogP contribution in [0.2, 0.25) is 0 Å². The summed E-state index contributed by atoms with van der Waals surface area (Å²) in [6.07, 6.45) is 3.86. The third-order valence-electron chi connectivity index (χ3n) is 12.1. The number of nitrogens with zero attached hydrogens (tertiary/aromatic N) is 4. The van der Waals surface area contributed by atoms with Gasteiger partial charge in [0.2, 0.25) is 0 Å². The van der Waals surface area contributed by atoms with Crippen molar-refractivity contribution in [3.05, 3.63) is 76.7 Å². The fourth-order valence-corrected chi connectivity index (χ4v) is 8.80. The number of aliphatic hydroxyl groups excluding tert-OH is 1. The number of para-hydroxylation sites is 1. The molecule has 0 bridgehead atoms. The van der Waals surface area contributed by atoms with Gasteiger partial charge in [0.25, 0.3) is 0 Å². The van der Waals surface area contributed by atoms with E-state index in [2.05, 4.69) is 50.0 Å². The zero-order valence-corrected chi connectivity index (χ0v) is 41.7. The molecule has 4 atom stereocenters. The number of hydrogen-bond acceptors (Lipinski definition) is 11. The lowest BCUT2D eigenvalue weighted by atomic mass is 10.0. The molecule has 0 aliphatic heterocycles. The van der Waals surface area contributed by atoms with Crippen LogP contribution in [0.4, 0.5) is 22.8 Å². The second-order valence-corrected chi connectivity index (χ2v) is 20.6. The predicted molar refractivity (Wildman–Crippen MR) is 250 cm³/mol. The molecule has 8 rings (SSSR count). The normalized spacial score (nSPS) is 20.6. The van der Waals surface area contributed by atoms with E-state index in [0.717, 1.165) is 91.7 Å². The maximum absolute atomic E-state index is 12.5. The Morgan fingerprint density at radius 2 is 1.21 bits per heavy atom. The van der Waals surface area contributed by atoms with E-state index < -0.39 is 17.6 Å². The lowest BCUT2D eigenvalue weighted by Crippen LogP contribution is -2.39. The highest BCUT2D eigenvalue weighted by atomic mass is 79.9. The van der Waals surface area contributed by atoms with E-state index in [9.17, 15) is 27.9 Å². The monoisotopic (exact) mass is 1000 g/mol. The van der Waals surface area contributed by atoms with Gasteiger partial charge in [-0.3, -0.25) is 0 Å². The molecule has 1 N–H and O–H groups in total. The quantitative estimate of drug-likeness (QED) is 0.143. The first kappa shape index (κ1) is 51.8. The molecular formula is C50H66BrF3N4O9. The van der Waals surface area contributed by atoms with Crippen molar-refractivity contribution in [2.45, 2.75) is 178 Å². The minimum atomic E-state index is -4.74. The van der Waals surface area contributed by atoms with E-state index >= 15 is 0 Å². The molecular weight excluding hydrogens is 937 g/mol. The number of alkyl halides is 4. The minimum Gasteiger partial charge on any atom is -0.444 e. The molecule has 4 saturated carbocycles. The second kappa shape index (κ2) is 21.8. The van der Waals surface area contributed by atoms with Crippen molar-refractivity contribution in [3.63, 3.8) is 0 Å². The minimum absolute atomic E-state index is 0.113. The zero-order chi connectivity index (χ0) is 48.8. The number of ether oxygens (including phenoxy) is 4. The van der Waals surface area contributed by atoms with Crippen molar-refractivity contribution in [2.75, 3.05) is 14.1 Å². The van der Waals surface area contributed by atoms with Gasteiger partial charge in [0.15, 0.2) is 0 Å². The van der Waals surface area contributed by atoms with Crippen molar-refractivity contribution < 1.29 is 55.9 Å². The van der Waals surface area contributed by atoms with Gasteiger partial charge in [-0.05, 0) is 130 Å². The molecule has 0 spiro atoms. The Hall–Kier alpha value is -4.61. The zero-order valence-electron chi connectivity index (χ0n) is 40.1. The first-order valence-electron chi connectivity index (χ1n) is 23.2. The van der Waals surface area contributed by atoms with Gasteiger partial charge in [0.05, 0.1) is 18.8 Å². The number of rotatable bonds is 11. The summed E-state index contributed by atoms with van der Waals surface area (Å²) in [4.78, 5) is 27.4. The predicted octanol–water partition coefficient (Wildman–Crippen LogP) is 12.6. The summed E-state index contributed by atoms with van der Waals surface area (Å²) in [7, 11) is 3.55. The van der Waals surface area contributed by atoms with Crippen LogP contribution in [0.15, 0.2) is 57.6 Å². The maximum Gasteiger partial charge on any atom is 0.573 e. The maximum atomic E-state index is 12.5. The summed E-state index contributed by atoms with van der Waals surface area (Å²) < 4.78 is 69.8. The molecule has 2 amide bonds. The van der Waals surface area contributed by atoms with Crippen LogP contribution in [-0.2, 0) is 26.1 Å². The van der Waals surface area contributed by atoms with Crippen LogP contribution in [0.25, 0.3) is 22.5 Å². The van der Waals surface area contributed by atoms with E-state index in [4.69, 9.17) is 23.3 Å². The fraction of sp³-hybridized carbons (Fsp3) is 0.600. The number of aromatic nitrogens is 2. The van der Waals surface area contributed by atoms with Crippen LogP contribution in [0.3, 0.4) is 0 Å². The molecule has 2 heterocycles. The summed E-state index contributed by atoms with van der Waals surface area (Å²) >= 11 is 3.35. The lowest BCUT2D eigenvalue weighted by molar-refractivity contribution is -0.274. The van der Waals surface area contributed by atoms with E-state index in [1.54, 1.807) is 29.0 Å². The summed E-state index contributed by atoms with van der Waals surface area (Å²) in [5.74, 6) is 2.26. The third-order valence-corrected chi connectivity index (χ3v) is 12.7. The molecule has 13 nitrogen and oxygen atoms in total. The van der Waals surface area contributed by atoms with Crippen molar-refractivity contribution in [2.24, 2.45) is 0 Å². The van der Waals surface area contributed by atoms with Crippen LogP contribution >= 0.6 is 15.9 Å². The molecule has 2 aromatic carbocycles. The van der Waals surface area contributed by atoms with Crippen LogP contribution < -0.4 is 4.74 Å². The molecule has 17 heteroatoms. The number of aryl methyl sites for hydroxylation is 1. The number of carbonyl (C=O) groups is 2. The van der Waals surface area contributed by atoms with Gasteiger partial charge < -0.3 is 42.9 Å². The molecule has 0 unspecified atom stereocenters. The molecule has 4 aliphatic rings. The van der Waals surface area contributed by atoms with Gasteiger partial charge in [-0.15, -0.1) is 13.2 Å². The highest BCUT2D eigenvalue weighted by molar-refractivity contribution is 9.08. The Morgan fingerprint density at radius 1 is 0.716 bits per heavy atom. The smallest absolute Gasteiger partial charge is 0.444 e. The van der Waals surface area contributed by atoms with Crippen LogP contribution in [-0.4, -0.2) is 93.4 Å². The SMILES string of the molecule is CN(C(=O)OC(C)(C)C)[C@@H]1CC[C@H](O)C1.Cc1ccccc1-c1noc(C2CC2)c1CO[C@H]1CC[C@@H](N(C)C(=O)OC(C)(C)C)C1.FC(F)(F)Oc1ccccc1-c1noc(C2CC2)c1CBr. The van der Waals surface area contributed by atoms with Crippen LogP contribution in [0.1, 0.15) is 146 Å². The highest BCUT2D eigenvalue weighted by Gasteiger charge is 2.38. The highest BCUT2D eigenvalue weighted by Crippen LogP contribution is 2.47.